The number of carbonyl (C=O) groups is 1. The van der Waals surface area contributed by atoms with Gasteiger partial charge in [-0.2, -0.15) is 0 Å². The molecular formula is C30H23Cl2N3O5S2. The van der Waals surface area contributed by atoms with E-state index in [-0.39, 0.29) is 31.2 Å². The van der Waals surface area contributed by atoms with Crippen LogP contribution in [0.3, 0.4) is 0 Å². The van der Waals surface area contributed by atoms with E-state index in [2.05, 4.69) is 10.0 Å². The number of benzene rings is 5. The number of anilines is 3. The van der Waals surface area contributed by atoms with Crippen molar-refractivity contribution in [3.63, 3.8) is 0 Å². The first-order valence-electron chi connectivity index (χ1n) is 12.5. The summed E-state index contributed by atoms with van der Waals surface area (Å²) >= 11 is 12.2. The summed E-state index contributed by atoms with van der Waals surface area (Å²) in [5.74, 6) is -0.662. The van der Waals surface area contributed by atoms with Crippen LogP contribution in [-0.2, 0) is 24.8 Å². The molecule has 5 aromatic carbocycles. The summed E-state index contributed by atoms with van der Waals surface area (Å²) in [6.07, 6.45) is 0. The van der Waals surface area contributed by atoms with Gasteiger partial charge in [0.05, 0.1) is 31.2 Å². The molecule has 0 unspecified atom stereocenters. The first kappa shape index (κ1) is 29.4. The molecule has 0 heterocycles. The van der Waals surface area contributed by atoms with E-state index in [0.717, 1.165) is 15.1 Å². The van der Waals surface area contributed by atoms with E-state index in [1.165, 1.54) is 54.6 Å². The molecule has 5 rings (SSSR count). The molecule has 1 amide bonds. The smallest absolute Gasteiger partial charge is 0.264 e. The summed E-state index contributed by atoms with van der Waals surface area (Å²) in [5.41, 5.74) is 0.854. The van der Waals surface area contributed by atoms with Crippen molar-refractivity contribution >= 4 is 77.0 Å². The summed E-state index contributed by atoms with van der Waals surface area (Å²) in [4.78, 5) is 13.0. The van der Waals surface area contributed by atoms with Gasteiger partial charge in [-0.05, 0) is 66.0 Å². The molecule has 0 radical (unpaired) electrons. The molecule has 0 aliphatic carbocycles. The molecule has 8 nitrogen and oxygen atoms in total. The fourth-order valence-electron chi connectivity index (χ4n) is 4.24. The number of fused-ring (bicyclic) bond motifs is 1. The Morgan fingerprint density at radius 2 is 1.36 bits per heavy atom. The number of nitrogens with one attached hydrogen (secondary N) is 2. The Bertz CT molecular complexity index is 1980. The van der Waals surface area contributed by atoms with E-state index >= 15 is 0 Å². The highest BCUT2D eigenvalue weighted by Gasteiger charge is 2.28. The van der Waals surface area contributed by atoms with Gasteiger partial charge in [-0.25, -0.2) is 16.8 Å². The lowest BCUT2D eigenvalue weighted by molar-refractivity contribution is -0.114. The molecule has 5 aromatic rings. The average molecular weight is 641 g/mol. The Morgan fingerprint density at radius 1 is 0.690 bits per heavy atom. The number of nitrogens with zero attached hydrogens (tertiary/aromatic N) is 1. The quantitative estimate of drug-likeness (QED) is 0.185. The lowest BCUT2D eigenvalue weighted by Gasteiger charge is -2.24. The van der Waals surface area contributed by atoms with Crippen molar-refractivity contribution in [1.82, 2.24) is 0 Å². The molecule has 0 fully saturated rings. The van der Waals surface area contributed by atoms with Gasteiger partial charge in [0.1, 0.15) is 6.54 Å². The second kappa shape index (κ2) is 12.0. The van der Waals surface area contributed by atoms with Gasteiger partial charge in [0, 0.05) is 11.1 Å². The third kappa shape index (κ3) is 6.37. The summed E-state index contributed by atoms with van der Waals surface area (Å²) in [7, 11) is -8.10. The predicted molar refractivity (Wildman–Crippen MR) is 167 cm³/mol. The highest BCUT2D eigenvalue weighted by atomic mass is 35.5. The fourth-order valence-corrected chi connectivity index (χ4v) is 7.05. The maximum Gasteiger partial charge on any atom is 0.264 e. The Labute approximate surface area is 253 Å². The van der Waals surface area contributed by atoms with E-state index < -0.39 is 32.5 Å². The first-order valence-corrected chi connectivity index (χ1v) is 16.2. The normalized spacial score (nSPS) is 11.7. The minimum absolute atomic E-state index is 0.0162. The average Bonchev–Trinajstić information content (AvgIpc) is 2.98. The molecule has 0 spiro atoms. The summed E-state index contributed by atoms with van der Waals surface area (Å²) in [6, 6.07) is 30.2. The number of halogens is 2. The molecule has 0 saturated heterocycles. The van der Waals surface area contributed by atoms with Crippen molar-refractivity contribution in [3.05, 3.63) is 125 Å². The lowest BCUT2D eigenvalue weighted by Crippen LogP contribution is -2.38. The van der Waals surface area contributed by atoms with Gasteiger partial charge in [-0.1, -0.05) is 77.8 Å². The molecule has 42 heavy (non-hydrogen) atoms. The summed E-state index contributed by atoms with van der Waals surface area (Å²) < 4.78 is 56.7. The molecule has 0 aliphatic heterocycles. The van der Waals surface area contributed by atoms with Crippen LogP contribution in [0.2, 0.25) is 10.0 Å². The standard InChI is InChI=1S/C30H23Cl2N3O5S2/c31-27-18-15-23(19-28(27)32)35(42(39,40)25-9-2-1-3-10-25)20-30(36)33-22-13-16-24(17-14-22)41(37,38)34-29-12-6-8-21-7-4-5-11-26(21)29/h1-19,34H,20H2,(H,33,36). The molecule has 0 saturated carbocycles. The highest BCUT2D eigenvalue weighted by molar-refractivity contribution is 7.93. The number of hydrogen-bond donors (Lipinski definition) is 2. The molecule has 214 valence electrons. The van der Waals surface area contributed by atoms with Crippen LogP contribution in [0, 0.1) is 0 Å². The fraction of sp³-hybridized carbons (Fsp3) is 0.0333. The van der Waals surface area contributed by atoms with Crippen molar-refractivity contribution in [3.8, 4) is 0 Å². The molecule has 2 N–H and O–H groups in total. The molecule has 0 atom stereocenters. The zero-order chi connectivity index (χ0) is 29.9. The minimum atomic E-state index is -4.16. The predicted octanol–water partition coefficient (Wildman–Crippen LogP) is 6.78. The highest BCUT2D eigenvalue weighted by Crippen LogP contribution is 2.31. The molecule has 12 heteroatoms. The van der Waals surface area contributed by atoms with Gasteiger partial charge in [-0.15, -0.1) is 0 Å². The zero-order valence-corrected chi connectivity index (χ0v) is 24.9. The van der Waals surface area contributed by atoms with Crippen LogP contribution in [0.4, 0.5) is 17.1 Å². The van der Waals surface area contributed by atoms with E-state index in [9.17, 15) is 21.6 Å². The maximum atomic E-state index is 13.5. The van der Waals surface area contributed by atoms with Gasteiger partial charge in [0.2, 0.25) is 5.91 Å². The largest absolute Gasteiger partial charge is 0.325 e. The van der Waals surface area contributed by atoms with Crippen LogP contribution in [0.15, 0.2) is 125 Å². The van der Waals surface area contributed by atoms with Crippen LogP contribution < -0.4 is 14.3 Å². The van der Waals surface area contributed by atoms with Gasteiger partial charge < -0.3 is 5.32 Å². The van der Waals surface area contributed by atoms with Gasteiger partial charge >= 0.3 is 0 Å². The second-order valence-corrected chi connectivity index (χ2v) is 13.5. The van der Waals surface area contributed by atoms with Crippen molar-refractivity contribution in [2.75, 3.05) is 20.9 Å². The van der Waals surface area contributed by atoms with Crippen molar-refractivity contribution in [2.45, 2.75) is 9.79 Å². The molecule has 0 aliphatic rings. The van der Waals surface area contributed by atoms with Crippen molar-refractivity contribution < 1.29 is 21.6 Å². The van der Waals surface area contributed by atoms with Gasteiger partial charge in [-0.3, -0.25) is 13.8 Å². The number of rotatable bonds is 9. The molecular weight excluding hydrogens is 617 g/mol. The monoisotopic (exact) mass is 639 g/mol. The maximum absolute atomic E-state index is 13.5. The van der Waals surface area contributed by atoms with Crippen LogP contribution >= 0.6 is 23.2 Å². The SMILES string of the molecule is O=C(CN(c1ccc(Cl)c(Cl)c1)S(=O)(=O)c1ccccc1)Nc1ccc(S(=O)(=O)Nc2cccc3ccccc23)cc1. The van der Waals surface area contributed by atoms with Crippen LogP contribution in [-0.4, -0.2) is 29.3 Å². The third-order valence-electron chi connectivity index (χ3n) is 6.29. The van der Waals surface area contributed by atoms with Crippen LogP contribution in [0.5, 0.6) is 0 Å². The minimum Gasteiger partial charge on any atom is -0.325 e. The number of amides is 1. The van der Waals surface area contributed by atoms with E-state index in [4.69, 9.17) is 23.2 Å². The Kier molecular flexibility index (Phi) is 8.42. The number of carbonyl (C=O) groups excluding carboxylic acids is 1. The number of sulfonamides is 2. The topological polar surface area (TPSA) is 113 Å². The Morgan fingerprint density at radius 3 is 2.07 bits per heavy atom. The van der Waals surface area contributed by atoms with Gasteiger partial charge in [0.25, 0.3) is 20.0 Å². The van der Waals surface area contributed by atoms with Crippen molar-refractivity contribution in [2.24, 2.45) is 0 Å². The number of hydrogen-bond acceptors (Lipinski definition) is 5. The zero-order valence-electron chi connectivity index (χ0n) is 21.7. The lowest BCUT2D eigenvalue weighted by atomic mass is 10.1. The second-order valence-electron chi connectivity index (χ2n) is 9.13. The van der Waals surface area contributed by atoms with E-state index in [0.29, 0.717) is 5.69 Å². The Balaban J connectivity index is 1.35. The van der Waals surface area contributed by atoms with E-state index in [1.807, 2.05) is 30.3 Å². The van der Waals surface area contributed by atoms with Crippen LogP contribution in [0.1, 0.15) is 0 Å². The molecule has 0 aromatic heterocycles. The van der Waals surface area contributed by atoms with Gasteiger partial charge in [0.15, 0.2) is 0 Å². The van der Waals surface area contributed by atoms with Crippen LogP contribution in [0.25, 0.3) is 10.8 Å². The van der Waals surface area contributed by atoms with E-state index in [1.54, 1.807) is 30.3 Å². The first-order chi connectivity index (χ1) is 20.0. The Hall–Kier alpha value is -4.09. The molecule has 0 bridgehead atoms. The summed E-state index contributed by atoms with van der Waals surface area (Å²) in [5, 5.41) is 4.62. The van der Waals surface area contributed by atoms with Crippen molar-refractivity contribution in [1.29, 1.82) is 0 Å². The summed E-state index contributed by atoms with van der Waals surface area (Å²) in [6.45, 7) is -0.585. The third-order valence-corrected chi connectivity index (χ3v) is 10.2.